The van der Waals surface area contributed by atoms with Crippen LogP contribution >= 0.6 is 11.6 Å². The van der Waals surface area contributed by atoms with E-state index in [9.17, 15) is 14.0 Å². The van der Waals surface area contributed by atoms with Crippen LogP contribution in [-0.4, -0.2) is 18.4 Å². The minimum absolute atomic E-state index is 0.0233. The number of amides is 2. The van der Waals surface area contributed by atoms with Crippen LogP contribution in [0.3, 0.4) is 0 Å². The topological polar surface area (TPSA) is 49.4 Å². The quantitative estimate of drug-likeness (QED) is 0.896. The molecular formula is C19H18ClFN2O2. The molecule has 0 bridgehead atoms. The Morgan fingerprint density at radius 1 is 1.28 bits per heavy atom. The molecule has 1 fully saturated rings. The fourth-order valence-corrected chi connectivity index (χ4v) is 3.14. The summed E-state index contributed by atoms with van der Waals surface area (Å²) in [6.07, 6.45) is 0.0986. The summed E-state index contributed by atoms with van der Waals surface area (Å²) in [7, 11) is 0. The van der Waals surface area contributed by atoms with E-state index in [2.05, 4.69) is 5.32 Å². The molecule has 3 rings (SSSR count). The molecule has 1 aliphatic rings. The smallest absolute Gasteiger partial charge is 0.229 e. The average Bonchev–Trinajstić information content (AvgIpc) is 2.95. The van der Waals surface area contributed by atoms with E-state index in [0.717, 1.165) is 16.8 Å². The molecule has 1 N–H and O–H groups in total. The number of hydrogen-bond donors (Lipinski definition) is 1. The van der Waals surface area contributed by atoms with Crippen LogP contribution in [0.25, 0.3) is 0 Å². The predicted octanol–water partition coefficient (Wildman–Crippen LogP) is 4.09. The van der Waals surface area contributed by atoms with E-state index >= 15 is 0 Å². The number of rotatable bonds is 3. The number of halogens is 2. The van der Waals surface area contributed by atoms with E-state index in [-0.39, 0.29) is 30.5 Å². The van der Waals surface area contributed by atoms with Gasteiger partial charge in [-0.2, -0.15) is 0 Å². The van der Waals surface area contributed by atoms with E-state index in [1.165, 1.54) is 18.2 Å². The molecule has 130 valence electrons. The summed E-state index contributed by atoms with van der Waals surface area (Å²) < 4.78 is 13.8. The Labute approximate surface area is 150 Å². The molecule has 2 aromatic carbocycles. The Balaban J connectivity index is 1.77. The van der Waals surface area contributed by atoms with Gasteiger partial charge >= 0.3 is 0 Å². The number of hydrogen-bond acceptors (Lipinski definition) is 2. The van der Waals surface area contributed by atoms with Crippen LogP contribution < -0.4 is 10.2 Å². The van der Waals surface area contributed by atoms with Gasteiger partial charge in [-0.05, 0) is 49.2 Å². The summed E-state index contributed by atoms with van der Waals surface area (Å²) in [6.45, 7) is 4.20. The van der Waals surface area contributed by atoms with Gasteiger partial charge in [-0.3, -0.25) is 9.59 Å². The van der Waals surface area contributed by atoms with Crippen LogP contribution in [0.2, 0.25) is 5.02 Å². The van der Waals surface area contributed by atoms with Crippen LogP contribution in [0.5, 0.6) is 0 Å². The Bertz CT molecular complexity index is 853. The number of nitrogens with one attached hydrogen (secondary N) is 1. The maximum atomic E-state index is 13.8. The first kappa shape index (κ1) is 17.4. The zero-order valence-electron chi connectivity index (χ0n) is 14.0. The van der Waals surface area contributed by atoms with Crippen molar-refractivity contribution in [3.8, 4) is 0 Å². The lowest BCUT2D eigenvalue weighted by Crippen LogP contribution is -2.28. The molecule has 0 saturated carbocycles. The molecular weight excluding hydrogens is 343 g/mol. The normalized spacial score (nSPS) is 17.0. The van der Waals surface area contributed by atoms with Gasteiger partial charge in [-0.15, -0.1) is 0 Å². The van der Waals surface area contributed by atoms with Crippen molar-refractivity contribution in [2.75, 3.05) is 16.8 Å². The van der Waals surface area contributed by atoms with Crippen molar-refractivity contribution in [1.29, 1.82) is 0 Å². The minimum Gasteiger partial charge on any atom is -0.323 e. The fourth-order valence-electron chi connectivity index (χ4n) is 2.97. The zero-order chi connectivity index (χ0) is 18.1. The number of carbonyl (C=O) groups excluding carboxylic acids is 2. The van der Waals surface area contributed by atoms with Crippen molar-refractivity contribution in [3.05, 3.63) is 58.4 Å². The molecule has 1 atom stereocenters. The lowest BCUT2D eigenvalue weighted by Gasteiger charge is -2.20. The Morgan fingerprint density at radius 2 is 2.04 bits per heavy atom. The summed E-state index contributed by atoms with van der Waals surface area (Å²) >= 11 is 5.84. The maximum absolute atomic E-state index is 13.8. The van der Waals surface area contributed by atoms with Crippen molar-refractivity contribution in [1.82, 2.24) is 0 Å². The van der Waals surface area contributed by atoms with Gasteiger partial charge in [-0.25, -0.2) is 4.39 Å². The molecule has 0 radical (unpaired) electrons. The zero-order valence-corrected chi connectivity index (χ0v) is 14.7. The first-order chi connectivity index (χ1) is 11.9. The Morgan fingerprint density at radius 3 is 2.80 bits per heavy atom. The molecule has 1 aliphatic heterocycles. The summed E-state index contributed by atoms with van der Waals surface area (Å²) in [5.74, 6) is -1.60. The Kier molecular flexibility index (Phi) is 4.77. The molecule has 4 nitrogen and oxygen atoms in total. The Hall–Kier alpha value is -2.40. The lowest BCUT2D eigenvalue weighted by atomic mass is 10.1. The number of anilines is 2. The van der Waals surface area contributed by atoms with E-state index < -0.39 is 11.7 Å². The molecule has 6 heteroatoms. The van der Waals surface area contributed by atoms with Gasteiger partial charge in [0.05, 0.1) is 11.6 Å². The molecule has 1 saturated heterocycles. The second-order valence-electron chi connectivity index (χ2n) is 6.24. The lowest BCUT2D eigenvalue weighted by molar-refractivity contribution is -0.122. The van der Waals surface area contributed by atoms with Gasteiger partial charge in [0.15, 0.2) is 0 Å². The summed E-state index contributed by atoms with van der Waals surface area (Å²) in [5.41, 5.74) is 2.93. The molecule has 2 aromatic rings. The summed E-state index contributed by atoms with van der Waals surface area (Å²) in [6, 6.07) is 9.70. The number of benzene rings is 2. The number of nitrogens with zero attached hydrogens (tertiary/aromatic N) is 1. The third-order valence-corrected chi connectivity index (χ3v) is 4.78. The van der Waals surface area contributed by atoms with Crippen molar-refractivity contribution >= 4 is 34.8 Å². The highest BCUT2D eigenvalue weighted by atomic mass is 35.5. The van der Waals surface area contributed by atoms with Crippen LogP contribution in [0, 0.1) is 25.6 Å². The minimum atomic E-state index is -0.562. The largest absolute Gasteiger partial charge is 0.323 e. The van der Waals surface area contributed by atoms with Crippen LogP contribution in [0.4, 0.5) is 15.8 Å². The summed E-state index contributed by atoms with van der Waals surface area (Å²) in [5, 5.41) is 2.86. The van der Waals surface area contributed by atoms with E-state index in [0.29, 0.717) is 5.02 Å². The van der Waals surface area contributed by atoms with Crippen molar-refractivity contribution in [3.63, 3.8) is 0 Å². The fraction of sp³-hybridized carbons (Fsp3) is 0.263. The highest BCUT2D eigenvalue weighted by Crippen LogP contribution is 2.30. The van der Waals surface area contributed by atoms with Crippen molar-refractivity contribution in [2.45, 2.75) is 20.3 Å². The highest BCUT2D eigenvalue weighted by molar-refractivity contribution is 6.30. The van der Waals surface area contributed by atoms with E-state index in [1.54, 1.807) is 4.90 Å². The van der Waals surface area contributed by atoms with Crippen LogP contribution in [0.1, 0.15) is 17.5 Å². The van der Waals surface area contributed by atoms with Crippen molar-refractivity contribution in [2.24, 2.45) is 5.92 Å². The molecule has 0 aliphatic carbocycles. The monoisotopic (exact) mass is 360 g/mol. The average molecular weight is 361 g/mol. The van der Waals surface area contributed by atoms with Gasteiger partial charge in [0, 0.05) is 23.7 Å². The molecule has 25 heavy (non-hydrogen) atoms. The van der Waals surface area contributed by atoms with Gasteiger partial charge in [0.2, 0.25) is 11.8 Å². The third kappa shape index (κ3) is 3.51. The van der Waals surface area contributed by atoms with E-state index in [1.807, 2.05) is 32.0 Å². The standard InChI is InChI=1S/C19H18ClFN2O2/c1-11-4-3-5-17(12(11)2)23-10-13(8-18(23)24)19(25)22-16-9-14(20)6-7-15(16)21/h3-7,9,13H,8,10H2,1-2H3,(H,22,25)/t13-/m0/s1. The molecule has 1 heterocycles. The number of carbonyl (C=O) groups is 2. The molecule has 0 unspecified atom stereocenters. The number of aryl methyl sites for hydroxylation is 1. The third-order valence-electron chi connectivity index (χ3n) is 4.55. The second-order valence-corrected chi connectivity index (χ2v) is 6.67. The SMILES string of the molecule is Cc1cccc(N2C[C@@H](C(=O)Nc3cc(Cl)ccc3F)CC2=O)c1C. The first-order valence-corrected chi connectivity index (χ1v) is 8.37. The van der Waals surface area contributed by atoms with E-state index in [4.69, 9.17) is 11.6 Å². The van der Waals surface area contributed by atoms with Gasteiger partial charge in [0.1, 0.15) is 5.82 Å². The molecule has 2 amide bonds. The van der Waals surface area contributed by atoms with Crippen LogP contribution in [-0.2, 0) is 9.59 Å². The summed E-state index contributed by atoms with van der Waals surface area (Å²) in [4.78, 5) is 26.5. The highest BCUT2D eigenvalue weighted by Gasteiger charge is 2.36. The molecule has 0 aromatic heterocycles. The first-order valence-electron chi connectivity index (χ1n) is 7.99. The van der Waals surface area contributed by atoms with Crippen LogP contribution in [0.15, 0.2) is 36.4 Å². The van der Waals surface area contributed by atoms with Crippen molar-refractivity contribution < 1.29 is 14.0 Å². The van der Waals surface area contributed by atoms with Gasteiger partial charge < -0.3 is 10.2 Å². The maximum Gasteiger partial charge on any atom is 0.229 e. The predicted molar refractivity (Wildman–Crippen MR) is 96.4 cm³/mol. The van der Waals surface area contributed by atoms with Gasteiger partial charge in [0.25, 0.3) is 0 Å². The second kappa shape index (κ2) is 6.84. The van der Waals surface area contributed by atoms with Gasteiger partial charge in [-0.1, -0.05) is 23.7 Å². The molecule has 0 spiro atoms.